The number of ether oxygens (including phenoxy) is 1. The Morgan fingerprint density at radius 2 is 1.84 bits per heavy atom. The molecule has 0 aliphatic heterocycles. The monoisotopic (exact) mass is 521 g/mol. The van der Waals surface area contributed by atoms with Gasteiger partial charge < -0.3 is 9.64 Å². The maximum Gasteiger partial charge on any atom is 0.303 e. The highest BCUT2D eigenvalue weighted by atomic mass is 32.2. The molecule has 0 radical (unpaired) electrons. The highest BCUT2D eigenvalue weighted by Crippen LogP contribution is 2.68. The fourth-order valence-corrected chi connectivity index (χ4v) is 8.62. The minimum Gasteiger partial charge on any atom is -0.451 e. The van der Waals surface area contributed by atoms with E-state index in [9.17, 15) is 14.4 Å². The number of Topliss-reactive ketones (excluding diaryl/α,β-unsaturated/α-hetero) is 1. The second-order valence-electron chi connectivity index (χ2n) is 11.8. The standard InChI is InChI=1S/C31H39NO4S/c1-19(33)36-31(28(35)18-37-5)15-14-27-25-12-8-21-16-23(34)11-13-24(21)29(25)26(17-30(27,31)2)20-6-9-22(10-7-20)32(3)4/h6-7,9-10,16,25-27H,8,11-15,17-18H2,1-5H3/t25?,26?,27?,30?,31-/m0/s1. The molecule has 5 rings (SSSR count). The Hall–Kier alpha value is -2.34. The van der Waals surface area contributed by atoms with Crippen LogP contribution in [0.3, 0.4) is 0 Å². The quantitative estimate of drug-likeness (QED) is 0.435. The van der Waals surface area contributed by atoms with Crippen LogP contribution in [0.4, 0.5) is 5.69 Å². The summed E-state index contributed by atoms with van der Waals surface area (Å²) in [6.45, 7) is 3.67. The number of hydrogen-bond acceptors (Lipinski definition) is 6. The summed E-state index contributed by atoms with van der Waals surface area (Å²) in [5.41, 5.74) is 4.97. The normalized spacial score (nSPS) is 32.7. The number of thioether (sulfide) groups is 1. The number of rotatable bonds is 6. The molecule has 0 saturated heterocycles. The van der Waals surface area contributed by atoms with Crippen molar-refractivity contribution in [1.29, 1.82) is 0 Å². The molecule has 0 bridgehead atoms. The molecule has 0 amide bonds. The predicted octanol–water partition coefficient (Wildman–Crippen LogP) is 5.89. The third-order valence-electron chi connectivity index (χ3n) is 9.71. The van der Waals surface area contributed by atoms with Crippen molar-refractivity contribution in [3.05, 3.63) is 52.6 Å². The number of hydrogen-bond donors (Lipinski definition) is 0. The molecule has 0 heterocycles. The first-order valence-corrected chi connectivity index (χ1v) is 15.0. The van der Waals surface area contributed by atoms with Crippen molar-refractivity contribution >= 4 is 35.0 Å². The van der Waals surface area contributed by atoms with Crippen LogP contribution in [0.25, 0.3) is 0 Å². The SMILES string of the molecule is CSCC(=O)[C@@]1(OC(C)=O)CCC2C3CCC4=CC(=O)CCC4=C3C(c3ccc(N(C)C)cc3)CC21C. The van der Waals surface area contributed by atoms with Gasteiger partial charge in [0, 0.05) is 44.5 Å². The van der Waals surface area contributed by atoms with Gasteiger partial charge in [0.2, 0.25) is 0 Å². The molecule has 198 valence electrons. The van der Waals surface area contributed by atoms with E-state index in [-0.39, 0.29) is 29.4 Å². The van der Waals surface area contributed by atoms with Crippen LogP contribution in [0.2, 0.25) is 0 Å². The first kappa shape index (κ1) is 26.3. The molecule has 4 aliphatic carbocycles. The summed E-state index contributed by atoms with van der Waals surface area (Å²) < 4.78 is 6.14. The highest BCUT2D eigenvalue weighted by Gasteiger charge is 2.67. The van der Waals surface area contributed by atoms with E-state index < -0.39 is 11.0 Å². The van der Waals surface area contributed by atoms with Crippen LogP contribution >= 0.6 is 11.8 Å². The Bertz CT molecular complexity index is 1180. The van der Waals surface area contributed by atoms with Gasteiger partial charge in [0.25, 0.3) is 0 Å². The number of nitrogens with zero attached hydrogens (tertiary/aromatic N) is 1. The zero-order valence-corrected chi connectivity index (χ0v) is 23.6. The summed E-state index contributed by atoms with van der Waals surface area (Å²) in [4.78, 5) is 40.6. The van der Waals surface area contributed by atoms with Gasteiger partial charge in [-0.05, 0) is 91.5 Å². The van der Waals surface area contributed by atoms with E-state index in [2.05, 4.69) is 36.1 Å². The molecule has 2 saturated carbocycles. The number of ketones is 2. The number of benzene rings is 1. The lowest BCUT2D eigenvalue weighted by Crippen LogP contribution is -2.58. The second-order valence-corrected chi connectivity index (χ2v) is 12.7. The summed E-state index contributed by atoms with van der Waals surface area (Å²) in [5.74, 6) is 1.01. The van der Waals surface area contributed by atoms with Gasteiger partial charge in [0.15, 0.2) is 17.2 Å². The molecule has 4 unspecified atom stereocenters. The van der Waals surface area contributed by atoms with Crippen LogP contribution in [-0.4, -0.2) is 49.2 Å². The van der Waals surface area contributed by atoms with Gasteiger partial charge in [-0.15, -0.1) is 0 Å². The summed E-state index contributed by atoms with van der Waals surface area (Å²) in [6.07, 6.45) is 9.36. The average molecular weight is 522 g/mol. The van der Waals surface area contributed by atoms with Crippen LogP contribution in [0.15, 0.2) is 47.1 Å². The van der Waals surface area contributed by atoms with Gasteiger partial charge in [0.1, 0.15) is 0 Å². The van der Waals surface area contributed by atoms with E-state index in [1.807, 2.05) is 26.4 Å². The first-order chi connectivity index (χ1) is 17.6. The molecule has 5 nitrogen and oxygen atoms in total. The van der Waals surface area contributed by atoms with Gasteiger partial charge >= 0.3 is 5.97 Å². The molecule has 2 fully saturated rings. The average Bonchev–Trinajstić information content (AvgIpc) is 3.15. The zero-order valence-electron chi connectivity index (χ0n) is 22.8. The zero-order chi connectivity index (χ0) is 26.5. The molecule has 0 N–H and O–H groups in total. The largest absolute Gasteiger partial charge is 0.451 e. The lowest BCUT2D eigenvalue weighted by Gasteiger charge is -2.55. The predicted molar refractivity (Wildman–Crippen MR) is 149 cm³/mol. The Balaban J connectivity index is 1.68. The summed E-state index contributed by atoms with van der Waals surface area (Å²) in [5, 5.41) is 0. The fraction of sp³-hybridized carbons (Fsp3) is 0.581. The van der Waals surface area contributed by atoms with Crippen molar-refractivity contribution in [1.82, 2.24) is 0 Å². The van der Waals surface area contributed by atoms with Crippen molar-refractivity contribution in [2.75, 3.05) is 31.0 Å². The van der Waals surface area contributed by atoms with Gasteiger partial charge in [0.05, 0.1) is 5.75 Å². The van der Waals surface area contributed by atoms with Gasteiger partial charge in [-0.1, -0.05) is 24.6 Å². The lowest BCUT2D eigenvalue weighted by molar-refractivity contribution is -0.182. The number of fused-ring (bicyclic) bond motifs is 4. The van der Waals surface area contributed by atoms with Crippen molar-refractivity contribution in [2.45, 2.75) is 70.3 Å². The molecule has 6 heteroatoms. The van der Waals surface area contributed by atoms with Crippen LogP contribution in [0.5, 0.6) is 0 Å². The smallest absolute Gasteiger partial charge is 0.303 e. The van der Waals surface area contributed by atoms with E-state index in [4.69, 9.17) is 4.74 Å². The summed E-state index contributed by atoms with van der Waals surface area (Å²) >= 11 is 1.51. The summed E-state index contributed by atoms with van der Waals surface area (Å²) in [6, 6.07) is 8.79. The van der Waals surface area contributed by atoms with Crippen LogP contribution in [-0.2, 0) is 19.1 Å². The van der Waals surface area contributed by atoms with Gasteiger partial charge in [-0.3, -0.25) is 14.4 Å². The Labute approximate surface area is 225 Å². The van der Waals surface area contributed by atoms with Crippen molar-refractivity contribution in [2.24, 2.45) is 17.3 Å². The van der Waals surface area contributed by atoms with Crippen molar-refractivity contribution in [3.8, 4) is 0 Å². The lowest BCUT2D eigenvalue weighted by atomic mass is 9.50. The second kappa shape index (κ2) is 9.76. The third kappa shape index (κ3) is 4.20. The van der Waals surface area contributed by atoms with E-state index in [1.54, 1.807) is 0 Å². The molecule has 0 aromatic heterocycles. The third-order valence-corrected chi connectivity index (χ3v) is 10.3. The number of carbonyl (C=O) groups excluding carboxylic acids is 3. The first-order valence-electron chi connectivity index (χ1n) is 13.6. The minimum atomic E-state index is -1.08. The van der Waals surface area contributed by atoms with E-state index in [1.165, 1.54) is 41.0 Å². The molecule has 1 aromatic rings. The van der Waals surface area contributed by atoms with E-state index in [0.29, 0.717) is 24.5 Å². The van der Waals surface area contributed by atoms with Gasteiger partial charge in [-0.25, -0.2) is 0 Å². The molecular weight excluding hydrogens is 482 g/mol. The number of esters is 1. The molecule has 1 aromatic carbocycles. The van der Waals surface area contributed by atoms with Crippen LogP contribution in [0, 0.1) is 17.3 Å². The maximum atomic E-state index is 13.8. The molecule has 0 spiro atoms. The summed E-state index contributed by atoms with van der Waals surface area (Å²) in [7, 11) is 4.09. The van der Waals surface area contributed by atoms with Crippen molar-refractivity contribution in [3.63, 3.8) is 0 Å². The van der Waals surface area contributed by atoms with E-state index >= 15 is 0 Å². The number of anilines is 1. The minimum absolute atomic E-state index is 0.0534. The molecule has 5 atom stereocenters. The van der Waals surface area contributed by atoms with Gasteiger partial charge in [-0.2, -0.15) is 11.8 Å². The topological polar surface area (TPSA) is 63.7 Å². The molecule has 37 heavy (non-hydrogen) atoms. The number of carbonyl (C=O) groups is 3. The number of allylic oxidation sites excluding steroid dienone is 4. The molecular formula is C31H39NO4S. The Morgan fingerprint density at radius 3 is 2.49 bits per heavy atom. The van der Waals surface area contributed by atoms with Crippen LogP contribution in [0.1, 0.15) is 70.3 Å². The maximum absolute atomic E-state index is 13.8. The van der Waals surface area contributed by atoms with E-state index in [0.717, 1.165) is 37.8 Å². The Kier molecular flexibility index (Phi) is 6.93. The Morgan fingerprint density at radius 1 is 1.11 bits per heavy atom. The fourth-order valence-electron chi connectivity index (χ4n) is 8.13. The van der Waals surface area contributed by atoms with Crippen molar-refractivity contribution < 1.29 is 19.1 Å². The molecule has 4 aliphatic rings. The highest BCUT2D eigenvalue weighted by molar-refractivity contribution is 7.99. The van der Waals surface area contributed by atoms with Crippen LogP contribution < -0.4 is 4.90 Å².